The summed E-state index contributed by atoms with van der Waals surface area (Å²) in [7, 11) is 0. The number of benzene rings is 1. The second-order valence-corrected chi connectivity index (χ2v) is 5.45. The number of hydrogen-bond donors (Lipinski definition) is 1. The summed E-state index contributed by atoms with van der Waals surface area (Å²) in [6, 6.07) is 8.54. The van der Waals surface area contributed by atoms with Crippen LogP contribution in [-0.2, 0) is 0 Å². The van der Waals surface area contributed by atoms with Crippen molar-refractivity contribution >= 4 is 11.8 Å². The third kappa shape index (κ3) is 1.92. The van der Waals surface area contributed by atoms with Gasteiger partial charge in [-0.2, -0.15) is 0 Å². The molecule has 0 aromatic heterocycles. The molecule has 4 nitrogen and oxygen atoms in total. The van der Waals surface area contributed by atoms with E-state index in [2.05, 4.69) is 36.1 Å². The molecule has 2 saturated heterocycles. The number of anilines is 1. The van der Waals surface area contributed by atoms with Gasteiger partial charge in [0.05, 0.1) is 0 Å². The van der Waals surface area contributed by atoms with Crippen molar-refractivity contribution in [3.8, 4) is 0 Å². The minimum atomic E-state index is -0.772. The second-order valence-electron chi connectivity index (χ2n) is 5.45. The molecule has 0 radical (unpaired) electrons. The number of carboxylic acid groups (broad SMARTS) is 1. The van der Waals surface area contributed by atoms with Crippen molar-refractivity contribution in [1.29, 1.82) is 0 Å². The van der Waals surface area contributed by atoms with Gasteiger partial charge < -0.3 is 14.9 Å². The highest BCUT2D eigenvalue weighted by molar-refractivity contribution is 5.65. The van der Waals surface area contributed by atoms with E-state index in [9.17, 15) is 4.79 Å². The van der Waals surface area contributed by atoms with Crippen LogP contribution in [0.15, 0.2) is 24.3 Å². The lowest BCUT2D eigenvalue weighted by atomic mass is 10.0. The highest BCUT2D eigenvalue weighted by Gasteiger charge is 2.41. The van der Waals surface area contributed by atoms with Crippen LogP contribution in [0.4, 0.5) is 10.5 Å². The molecule has 2 atom stereocenters. The molecule has 1 aromatic rings. The number of hydrogen-bond acceptors (Lipinski definition) is 2. The Balaban J connectivity index is 1.70. The van der Waals surface area contributed by atoms with Crippen LogP contribution < -0.4 is 4.90 Å². The average molecular weight is 246 g/mol. The lowest BCUT2D eigenvalue weighted by Crippen LogP contribution is -2.32. The van der Waals surface area contributed by atoms with E-state index in [-0.39, 0.29) is 0 Å². The van der Waals surface area contributed by atoms with Crippen LogP contribution in [0.1, 0.15) is 5.56 Å². The van der Waals surface area contributed by atoms with Gasteiger partial charge in [0.2, 0.25) is 0 Å². The Bertz CT molecular complexity index is 461. The Morgan fingerprint density at radius 3 is 2.44 bits per heavy atom. The molecule has 1 aromatic carbocycles. The van der Waals surface area contributed by atoms with Gasteiger partial charge in [-0.3, -0.25) is 0 Å². The van der Waals surface area contributed by atoms with E-state index in [0.29, 0.717) is 24.9 Å². The molecule has 2 aliphatic rings. The standard InChI is InChI=1S/C14H18N2O2/c1-10-3-2-4-13(5-10)15-6-11-8-16(14(17)18)9-12(11)7-15/h2-5,11-12H,6-9H2,1H3,(H,17,18). The number of fused-ring (bicyclic) bond motifs is 1. The molecule has 2 fully saturated rings. The van der Waals surface area contributed by atoms with Crippen molar-refractivity contribution in [2.24, 2.45) is 11.8 Å². The minimum absolute atomic E-state index is 0.501. The topological polar surface area (TPSA) is 43.8 Å². The lowest BCUT2D eigenvalue weighted by molar-refractivity contribution is 0.153. The normalized spacial score (nSPS) is 26.5. The van der Waals surface area contributed by atoms with E-state index in [1.54, 1.807) is 4.90 Å². The molecular weight excluding hydrogens is 228 g/mol. The molecule has 0 spiro atoms. The monoisotopic (exact) mass is 246 g/mol. The van der Waals surface area contributed by atoms with Gasteiger partial charge in [0, 0.05) is 43.7 Å². The smallest absolute Gasteiger partial charge is 0.407 e. The van der Waals surface area contributed by atoms with Crippen molar-refractivity contribution < 1.29 is 9.90 Å². The largest absolute Gasteiger partial charge is 0.465 e. The van der Waals surface area contributed by atoms with Gasteiger partial charge in [0.25, 0.3) is 0 Å². The zero-order chi connectivity index (χ0) is 12.7. The number of rotatable bonds is 1. The highest BCUT2D eigenvalue weighted by atomic mass is 16.4. The van der Waals surface area contributed by atoms with E-state index < -0.39 is 6.09 Å². The van der Waals surface area contributed by atoms with Crippen LogP contribution in [-0.4, -0.2) is 42.3 Å². The van der Waals surface area contributed by atoms with E-state index in [4.69, 9.17) is 5.11 Å². The van der Waals surface area contributed by atoms with E-state index >= 15 is 0 Å². The van der Waals surface area contributed by atoms with Crippen LogP contribution in [0.2, 0.25) is 0 Å². The number of aryl methyl sites for hydroxylation is 1. The molecule has 2 heterocycles. The van der Waals surface area contributed by atoms with Crippen LogP contribution in [0.5, 0.6) is 0 Å². The van der Waals surface area contributed by atoms with Gasteiger partial charge in [-0.1, -0.05) is 12.1 Å². The first-order chi connectivity index (χ1) is 8.63. The summed E-state index contributed by atoms with van der Waals surface area (Å²) in [4.78, 5) is 14.9. The SMILES string of the molecule is Cc1cccc(N2CC3CN(C(=O)O)CC3C2)c1. The Morgan fingerprint density at radius 2 is 1.89 bits per heavy atom. The average Bonchev–Trinajstić information content (AvgIpc) is 2.86. The Hall–Kier alpha value is -1.71. The number of amides is 1. The molecule has 3 rings (SSSR count). The Morgan fingerprint density at radius 1 is 1.22 bits per heavy atom. The fourth-order valence-corrected chi connectivity index (χ4v) is 3.18. The summed E-state index contributed by atoms with van der Waals surface area (Å²) >= 11 is 0. The summed E-state index contributed by atoms with van der Waals surface area (Å²) in [5.74, 6) is 1.00. The fraction of sp³-hybridized carbons (Fsp3) is 0.500. The van der Waals surface area contributed by atoms with Gasteiger partial charge in [-0.15, -0.1) is 0 Å². The molecule has 0 saturated carbocycles. The highest BCUT2D eigenvalue weighted by Crippen LogP contribution is 2.34. The summed E-state index contributed by atoms with van der Waals surface area (Å²) in [6.45, 7) is 5.47. The lowest BCUT2D eigenvalue weighted by Gasteiger charge is -2.22. The fourth-order valence-electron chi connectivity index (χ4n) is 3.18. The maximum absolute atomic E-state index is 10.9. The summed E-state index contributed by atoms with van der Waals surface area (Å²) in [5, 5.41) is 9.00. The Labute approximate surface area is 107 Å². The van der Waals surface area contributed by atoms with E-state index in [1.165, 1.54) is 11.3 Å². The van der Waals surface area contributed by atoms with Crippen LogP contribution in [0, 0.1) is 18.8 Å². The second kappa shape index (κ2) is 4.19. The Kier molecular flexibility index (Phi) is 2.65. The van der Waals surface area contributed by atoms with Gasteiger partial charge in [0.15, 0.2) is 0 Å². The van der Waals surface area contributed by atoms with Crippen molar-refractivity contribution in [3.63, 3.8) is 0 Å². The first kappa shape index (κ1) is 11.4. The molecule has 0 bridgehead atoms. The summed E-state index contributed by atoms with van der Waals surface area (Å²) in [5.41, 5.74) is 2.54. The first-order valence-electron chi connectivity index (χ1n) is 6.43. The zero-order valence-corrected chi connectivity index (χ0v) is 10.5. The maximum Gasteiger partial charge on any atom is 0.407 e. The van der Waals surface area contributed by atoms with Crippen LogP contribution in [0.25, 0.3) is 0 Å². The molecule has 2 unspecified atom stereocenters. The van der Waals surface area contributed by atoms with Gasteiger partial charge in [-0.05, 0) is 24.6 Å². The van der Waals surface area contributed by atoms with Crippen molar-refractivity contribution in [3.05, 3.63) is 29.8 Å². The first-order valence-corrected chi connectivity index (χ1v) is 6.43. The summed E-state index contributed by atoms with van der Waals surface area (Å²) in [6.07, 6.45) is -0.772. The molecule has 2 aliphatic heterocycles. The predicted octanol–water partition coefficient (Wildman–Crippen LogP) is 2.04. The predicted molar refractivity (Wildman–Crippen MR) is 70.0 cm³/mol. The molecule has 0 aliphatic carbocycles. The molecular formula is C14H18N2O2. The van der Waals surface area contributed by atoms with E-state index in [0.717, 1.165) is 13.1 Å². The number of likely N-dealkylation sites (tertiary alicyclic amines) is 1. The molecule has 1 amide bonds. The van der Waals surface area contributed by atoms with E-state index in [1.807, 2.05) is 0 Å². The van der Waals surface area contributed by atoms with Crippen LogP contribution >= 0.6 is 0 Å². The number of carbonyl (C=O) groups is 1. The quantitative estimate of drug-likeness (QED) is 0.824. The van der Waals surface area contributed by atoms with Gasteiger partial charge >= 0.3 is 6.09 Å². The third-order valence-corrected chi connectivity index (χ3v) is 4.12. The maximum atomic E-state index is 10.9. The zero-order valence-electron chi connectivity index (χ0n) is 10.5. The number of nitrogens with zero attached hydrogens (tertiary/aromatic N) is 2. The van der Waals surface area contributed by atoms with Crippen LogP contribution in [0.3, 0.4) is 0 Å². The molecule has 96 valence electrons. The summed E-state index contributed by atoms with van der Waals surface area (Å²) < 4.78 is 0. The van der Waals surface area contributed by atoms with Crippen molar-refractivity contribution in [2.45, 2.75) is 6.92 Å². The van der Waals surface area contributed by atoms with Crippen molar-refractivity contribution in [2.75, 3.05) is 31.1 Å². The molecule has 1 N–H and O–H groups in total. The minimum Gasteiger partial charge on any atom is -0.465 e. The van der Waals surface area contributed by atoms with Gasteiger partial charge in [0.1, 0.15) is 0 Å². The molecule has 18 heavy (non-hydrogen) atoms. The third-order valence-electron chi connectivity index (χ3n) is 4.12. The van der Waals surface area contributed by atoms with Gasteiger partial charge in [-0.25, -0.2) is 4.79 Å². The molecule has 4 heteroatoms. The van der Waals surface area contributed by atoms with Crippen molar-refractivity contribution in [1.82, 2.24) is 4.90 Å².